The number of carbonyl (C=O) groups is 3. The number of fused-ring (bicyclic) bond motifs is 3. The van der Waals surface area contributed by atoms with Crippen molar-refractivity contribution in [2.45, 2.75) is 5.16 Å². The average molecular weight is 480 g/mol. The number of aromatic amines is 1. The predicted molar refractivity (Wildman–Crippen MR) is 125 cm³/mol. The molecule has 4 heterocycles. The van der Waals surface area contributed by atoms with Crippen molar-refractivity contribution >= 4 is 63.5 Å². The number of H-pyrrole nitrogens is 1. The summed E-state index contributed by atoms with van der Waals surface area (Å²) in [5.74, 6) is 0.148. The van der Waals surface area contributed by atoms with Gasteiger partial charge in [0.05, 0.1) is 21.7 Å². The van der Waals surface area contributed by atoms with Crippen molar-refractivity contribution in [1.29, 1.82) is 0 Å². The highest BCUT2D eigenvalue weighted by atomic mass is 32.2. The van der Waals surface area contributed by atoms with Crippen molar-refractivity contribution in [1.82, 2.24) is 34.8 Å². The van der Waals surface area contributed by atoms with Gasteiger partial charge in [-0.1, -0.05) is 30.0 Å². The van der Waals surface area contributed by atoms with E-state index in [1.807, 2.05) is 28.7 Å². The lowest BCUT2D eigenvalue weighted by Gasteiger charge is -2.12. The van der Waals surface area contributed by atoms with E-state index in [0.29, 0.717) is 15.8 Å². The van der Waals surface area contributed by atoms with Gasteiger partial charge in [0.25, 0.3) is 11.1 Å². The molecule has 33 heavy (non-hydrogen) atoms. The Labute approximate surface area is 195 Å². The molecule has 0 unspecified atom stereocenters. The van der Waals surface area contributed by atoms with Gasteiger partial charge >= 0.3 is 0 Å². The van der Waals surface area contributed by atoms with Crippen molar-refractivity contribution < 1.29 is 14.4 Å². The van der Waals surface area contributed by atoms with Gasteiger partial charge in [-0.25, -0.2) is 10.1 Å². The molecule has 10 nitrogen and oxygen atoms in total. The number of thioether (sulfide) groups is 2. The average Bonchev–Trinajstić information content (AvgIpc) is 3.46. The Hall–Kier alpha value is -3.64. The van der Waals surface area contributed by atoms with E-state index in [2.05, 4.69) is 25.5 Å². The Morgan fingerprint density at radius 3 is 2.94 bits per heavy atom. The molecular weight excluding hydrogens is 462 g/mol. The number of pyridine rings is 1. The van der Waals surface area contributed by atoms with Crippen molar-refractivity contribution in [2.75, 3.05) is 18.8 Å². The lowest BCUT2D eigenvalue weighted by atomic mass is 10.2. The number of aromatic nitrogens is 5. The first-order valence-electron chi connectivity index (χ1n) is 9.96. The number of carbonyl (C=O) groups excluding carboxylic acids is 3. The Morgan fingerprint density at radius 2 is 2.09 bits per heavy atom. The van der Waals surface area contributed by atoms with Crippen LogP contribution in [0, 0.1) is 0 Å². The molecule has 1 aliphatic heterocycles. The highest BCUT2D eigenvalue weighted by Crippen LogP contribution is 2.31. The maximum atomic E-state index is 12.5. The Morgan fingerprint density at radius 1 is 1.21 bits per heavy atom. The largest absolute Gasteiger partial charge is 0.354 e. The highest BCUT2D eigenvalue weighted by Gasteiger charge is 2.34. The molecule has 5 rings (SSSR count). The summed E-state index contributed by atoms with van der Waals surface area (Å²) in [4.78, 5) is 47.0. The lowest BCUT2D eigenvalue weighted by Crippen LogP contribution is -2.37. The fourth-order valence-electron chi connectivity index (χ4n) is 3.33. The minimum absolute atomic E-state index is 0.101. The van der Waals surface area contributed by atoms with E-state index in [1.165, 1.54) is 11.8 Å². The van der Waals surface area contributed by atoms with E-state index < -0.39 is 0 Å². The third kappa shape index (κ3) is 4.34. The van der Waals surface area contributed by atoms with E-state index in [1.54, 1.807) is 30.6 Å². The molecule has 0 radical (unpaired) electrons. The lowest BCUT2D eigenvalue weighted by molar-refractivity contribution is -0.123. The molecule has 1 saturated heterocycles. The van der Waals surface area contributed by atoms with E-state index in [0.717, 1.165) is 33.3 Å². The van der Waals surface area contributed by atoms with Gasteiger partial charge in [-0.15, -0.1) is 5.10 Å². The first-order valence-corrected chi connectivity index (χ1v) is 11.8. The van der Waals surface area contributed by atoms with Crippen LogP contribution >= 0.6 is 23.5 Å². The van der Waals surface area contributed by atoms with Crippen molar-refractivity contribution in [3.63, 3.8) is 0 Å². The monoisotopic (exact) mass is 479 g/mol. The molecule has 0 atom stereocenters. The van der Waals surface area contributed by atoms with Crippen molar-refractivity contribution in [3.8, 4) is 0 Å². The summed E-state index contributed by atoms with van der Waals surface area (Å²) in [5, 5.41) is 10.1. The van der Waals surface area contributed by atoms with Crippen molar-refractivity contribution in [2.24, 2.45) is 0 Å². The molecular formula is C21H17N7O3S2. The SMILES string of the molecule is O=C(CSc1n[nH]c2nc3ccccc3n12)NCCN1C(=O)SC(=Cc2cccnc2)C1=O. The molecule has 1 aliphatic rings. The summed E-state index contributed by atoms with van der Waals surface area (Å²) in [6.07, 6.45) is 4.89. The van der Waals surface area contributed by atoms with Crippen molar-refractivity contribution in [3.05, 3.63) is 59.3 Å². The van der Waals surface area contributed by atoms with Gasteiger partial charge in [-0.05, 0) is 41.6 Å². The first kappa shape index (κ1) is 21.2. The minimum atomic E-state index is -0.372. The second-order valence-electron chi connectivity index (χ2n) is 7.02. The number of imide groups is 1. The van der Waals surface area contributed by atoms with Gasteiger partial charge in [0.1, 0.15) is 0 Å². The standard InChI is InChI=1S/C21H17N7O3S2/c29-17(12-32-20-26-25-19-24-14-5-1-2-6-15(14)28(19)20)23-8-9-27-18(30)16(33-21(27)31)10-13-4-3-7-22-11-13/h1-7,10-11H,8-9,12H2,(H,23,29)(H,24,25). The van der Waals surface area contributed by atoms with Crippen LogP contribution in [-0.2, 0) is 9.59 Å². The maximum Gasteiger partial charge on any atom is 0.293 e. The van der Waals surface area contributed by atoms with Gasteiger partial charge in [-0.2, -0.15) is 0 Å². The van der Waals surface area contributed by atoms with Crippen LogP contribution in [0.25, 0.3) is 22.9 Å². The molecule has 166 valence electrons. The number of hydrogen-bond acceptors (Lipinski definition) is 8. The fraction of sp³-hybridized carbons (Fsp3) is 0.143. The number of nitrogens with zero attached hydrogens (tertiary/aromatic N) is 5. The van der Waals surface area contributed by atoms with Crippen LogP contribution in [0.15, 0.2) is 58.9 Å². The maximum absolute atomic E-state index is 12.5. The number of imidazole rings is 1. The molecule has 3 aromatic heterocycles. The smallest absolute Gasteiger partial charge is 0.293 e. The third-order valence-corrected chi connectivity index (χ3v) is 6.70. The summed E-state index contributed by atoms with van der Waals surface area (Å²) in [6, 6.07) is 11.2. The molecule has 0 bridgehead atoms. The predicted octanol–water partition coefficient (Wildman–Crippen LogP) is 2.55. The molecule has 3 amide bonds. The minimum Gasteiger partial charge on any atom is -0.354 e. The van der Waals surface area contributed by atoms with Gasteiger partial charge in [0, 0.05) is 25.5 Å². The number of para-hydroxylation sites is 2. The molecule has 1 aromatic carbocycles. The van der Waals surface area contributed by atoms with E-state index in [-0.39, 0.29) is 35.9 Å². The fourth-order valence-corrected chi connectivity index (χ4v) is 4.98. The van der Waals surface area contributed by atoms with Crippen LogP contribution in [0.5, 0.6) is 0 Å². The second-order valence-corrected chi connectivity index (χ2v) is 8.96. The zero-order valence-corrected chi connectivity index (χ0v) is 18.7. The van der Waals surface area contributed by atoms with Crippen LogP contribution < -0.4 is 5.32 Å². The van der Waals surface area contributed by atoms with Gasteiger partial charge in [0.2, 0.25) is 11.7 Å². The summed E-state index contributed by atoms with van der Waals surface area (Å²) in [6.45, 7) is 0.270. The Balaban J connectivity index is 1.15. The number of hydrogen-bond donors (Lipinski definition) is 2. The summed E-state index contributed by atoms with van der Waals surface area (Å²) < 4.78 is 1.86. The Bertz CT molecular complexity index is 1400. The molecule has 0 spiro atoms. The number of rotatable bonds is 7. The Kier molecular flexibility index (Phi) is 5.84. The second kappa shape index (κ2) is 9.08. The van der Waals surface area contributed by atoms with E-state index >= 15 is 0 Å². The van der Waals surface area contributed by atoms with Crippen LogP contribution in [0.2, 0.25) is 0 Å². The molecule has 0 saturated carbocycles. The summed E-state index contributed by atoms with van der Waals surface area (Å²) in [7, 11) is 0. The topological polar surface area (TPSA) is 125 Å². The number of benzene rings is 1. The van der Waals surface area contributed by atoms with E-state index in [4.69, 9.17) is 0 Å². The van der Waals surface area contributed by atoms with Crippen LogP contribution in [-0.4, -0.2) is 65.4 Å². The molecule has 1 fully saturated rings. The zero-order chi connectivity index (χ0) is 22.8. The van der Waals surface area contributed by atoms with Gasteiger partial charge in [0.15, 0.2) is 5.16 Å². The quantitative estimate of drug-likeness (QED) is 0.306. The summed E-state index contributed by atoms with van der Waals surface area (Å²) >= 11 is 2.15. The van der Waals surface area contributed by atoms with Gasteiger partial charge in [-0.3, -0.25) is 28.7 Å². The molecule has 4 aromatic rings. The normalized spacial score (nSPS) is 15.3. The molecule has 0 aliphatic carbocycles. The van der Waals surface area contributed by atoms with Crippen LogP contribution in [0.1, 0.15) is 5.56 Å². The zero-order valence-electron chi connectivity index (χ0n) is 17.1. The highest BCUT2D eigenvalue weighted by molar-refractivity contribution is 8.18. The number of nitrogens with one attached hydrogen (secondary N) is 2. The third-order valence-electron chi connectivity index (χ3n) is 4.85. The first-order chi connectivity index (χ1) is 16.1. The molecule has 2 N–H and O–H groups in total. The number of amides is 3. The van der Waals surface area contributed by atoms with Crippen LogP contribution in [0.4, 0.5) is 4.79 Å². The van der Waals surface area contributed by atoms with Crippen LogP contribution in [0.3, 0.4) is 0 Å². The summed E-state index contributed by atoms with van der Waals surface area (Å²) in [5.41, 5.74) is 2.49. The van der Waals surface area contributed by atoms with Gasteiger partial charge < -0.3 is 5.32 Å². The molecule has 12 heteroatoms. The van der Waals surface area contributed by atoms with E-state index in [9.17, 15) is 14.4 Å².